The molecule has 0 unspecified atom stereocenters. The van der Waals surface area contributed by atoms with Crippen molar-refractivity contribution in [3.63, 3.8) is 0 Å². The lowest BCUT2D eigenvalue weighted by Crippen LogP contribution is -2.14. The Kier molecular flexibility index (Phi) is 7.74. The lowest BCUT2D eigenvalue weighted by Gasteiger charge is -2.12. The smallest absolute Gasteiger partial charge is 0.270 e. The first kappa shape index (κ1) is 26.6. The van der Waals surface area contributed by atoms with Crippen LogP contribution in [0.2, 0.25) is 0 Å². The average Bonchev–Trinajstić information content (AvgIpc) is 3.46. The molecule has 0 radical (unpaired) electrons. The van der Waals surface area contributed by atoms with Gasteiger partial charge in [-0.1, -0.05) is 25.0 Å². The van der Waals surface area contributed by atoms with Gasteiger partial charge in [0.15, 0.2) is 0 Å². The number of rotatable bonds is 6. The minimum Gasteiger partial charge on any atom is -0.455 e. The number of nitro groups is 1. The van der Waals surface area contributed by atoms with Gasteiger partial charge in [0, 0.05) is 28.3 Å². The van der Waals surface area contributed by atoms with E-state index in [1.54, 1.807) is 35.8 Å². The second kappa shape index (κ2) is 11.4. The molecule has 0 spiro atoms. The topological polar surface area (TPSA) is 97.7 Å². The number of thiophene rings is 1. The molecule has 0 aliphatic heterocycles. The van der Waals surface area contributed by atoms with Crippen molar-refractivity contribution in [3.05, 3.63) is 97.1 Å². The molecular formula is C31H31N3O4S. The van der Waals surface area contributed by atoms with Crippen molar-refractivity contribution in [2.24, 2.45) is 4.99 Å². The molecule has 5 rings (SSSR count). The number of furan rings is 1. The number of hydrogen-bond acceptors (Lipinski definition) is 6. The number of nitrogens with one attached hydrogen (secondary N) is 1. The predicted octanol–water partition coefficient (Wildman–Crippen LogP) is 8.50. The third-order valence-electron chi connectivity index (χ3n) is 6.99. The predicted molar refractivity (Wildman–Crippen MR) is 157 cm³/mol. The summed E-state index contributed by atoms with van der Waals surface area (Å²) in [5.41, 5.74) is 6.28. The highest BCUT2D eigenvalue weighted by Gasteiger charge is 2.24. The number of nitro benzene ring substituents is 1. The molecule has 1 aliphatic carbocycles. The van der Waals surface area contributed by atoms with E-state index in [9.17, 15) is 14.9 Å². The third-order valence-corrected chi connectivity index (χ3v) is 8.19. The minimum atomic E-state index is -0.415. The maximum absolute atomic E-state index is 13.7. The number of carbonyl (C=O) groups is 1. The van der Waals surface area contributed by atoms with Gasteiger partial charge in [0.05, 0.1) is 16.7 Å². The van der Waals surface area contributed by atoms with Crippen molar-refractivity contribution in [1.29, 1.82) is 0 Å². The van der Waals surface area contributed by atoms with Gasteiger partial charge in [0.1, 0.15) is 16.5 Å². The fourth-order valence-electron chi connectivity index (χ4n) is 5.15. The van der Waals surface area contributed by atoms with Crippen LogP contribution in [0.1, 0.15) is 68.9 Å². The van der Waals surface area contributed by atoms with Crippen LogP contribution in [0.15, 0.2) is 57.9 Å². The van der Waals surface area contributed by atoms with E-state index in [0.29, 0.717) is 27.6 Å². The molecule has 0 bridgehead atoms. The van der Waals surface area contributed by atoms with E-state index in [1.165, 1.54) is 23.4 Å². The van der Waals surface area contributed by atoms with Gasteiger partial charge < -0.3 is 9.73 Å². The zero-order chi connectivity index (χ0) is 27.5. The zero-order valence-corrected chi connectivity index (χ0v) is 23.2. The number of aliphatic imine (C=N–C) groups is 1. The molecule has 2 heterocycles. The number of benzene rings is 2. The monoisotopic (exact) mass is 541 g/mol. The third kappa shape index (κ3) is 6.01. The molecule has 0 saturated heterocycles. The van der Waals surface area contributed by atoms with Gasteiger partial charge in [0.25, 0.3) is 11.6 Å². The molecule has 8 heteroatoms. The highest BCUT2D eigenvalue weighted by Crippen LogP contribution is 2.39. The Balaban J connectivity index is 1.48. The highest BCUT2D eigenvalue weighted by atomic mass is 32.1. The number of non-ortho nitro benzene ring substituents is 1. The van der Waals surface area contributed by atoms with Crippen LogP contribution in [0.3, 0.4) is 0 Å². The van der Waals surface area contributed by atoms with Crippen LogP contribution in [0.4, 0.5) is 16.4 Å². The molecule has 1 N–H and O–H groups in total. The van der Waals surface area contributed by atoms with E-state index in [4.69, 9.17) is 9.41 Å². The molecule has 2 aromatic carbocycles. The van der Waals surface area contributed by atoms with Crippen LogP contribution in [0.25, 0.3) is 11.3 Å². The van der Waals surface area contributed by atoms with E-state index in [0.717, 1.165) is 60.0 Å². The number of amides is 1. The molecule has 0 atom stereocenters. The summed E-state index contributed by atoms with van der Waals surface area (Å²) in [6.07, 6.45) is 7.98. The number of fused-ring (bicyclic) bond motifs is 1. The molecule has 1 amide bonds. The maximum Gasteiger partial charge on any atom is 0.270 e. The normalized spacial score (nSPS) is 13.6. The van der Waals surface area contributed by atoms with Crippen LogP contribution in [-0.2, 0) is 12.8 Å². The average molecular weight is 542 g/mol. The van der Waals surface area contributed by atoms with Crippen molar-refractivity contribution in [3.8, 4) is 11.3 Å². The van der Waals surface area contributed by atoms with Crippen LogP contribution < -0.4 is 5.32 Å². The summed E-state index contributed by atoms with van der Waals surface area (Å²) in [5, 5.41) is 15.0. The van der Waals surface area contributed by atoms with Crippen LogP contribution in [0, 0.1) is 30.9 Å². The summed E-state index contributed by atoms with van der Waals surface area (Å²) >= 11 is 1.58. The molecule has 0 fully saturated rings. The number of hydrogen-bond donors (Lipinski definition) is 1. The largest absolute Gasteiger partial charge is 0.455 e. The van der Waals surface area contributed by atoms with Crippen LogP contribution in [-0.4, -0.2) is 17.0 Å². The van der Waals surface area contributed by atoms with Gasteiger partial charge in [-0.15, -0.1) is 11.3 Å². The Morgan fingerprint density at radius 2 is 1.74 bits per heavy atom. The lowest BCUT2D eigenvalue weighted by atomic mass is 9.96. The first-order chi connectivity index (χ1) is 18.8. The standard InChI is InChI=1S/C31H31N3O4S/c1-19-14-20(2)16-22(15-19)33-30(35)29-25-8-6-4-5-7-9-28(25)39-31(29)32-18-24-12-13-27(38-24)26-17-23(34(36)37)11-10-21(26)3/h10-18H,4-9H2,1-3H3,(H,33,35). The van der Waals surface area contributed by atoms with Crippen molar-refractivity contribution >= 4 is 39.8 Å². The Morgan fingerprint density at radius 3 is 2.49 bits per heavy atom. The van der Waals surface area contributed by atoms with E-state index in [2.05, 4.69) is 11.4 Å². The van der Waals surface area contributed by atoms with Crippen LogP contribution in [0.5, 0.6) is 0 Å². The van der Waals surface area contributed by atoms with Crippen molar-refractivity contribution in [2.45, 2.75) is 59.3 Å². The fraction of sp³-hybridized carbons (Fsp3) is 0.290. The Labute approximate surface area is 231 Å². The molecular weight excluding hydrogens is 510 g/mol. The summed E-state index contributed by atoms with van der Waals surface area (Å²) in [6, 6.07) is 14.3. The Morgan fingerprint density at radius 1 is 1.00 bits per heavy atom. The minimum absolute atomic E-state index is 0.0117. The van der Waals surface area contributed by atoms with Gasteiger partial charge in [-0.05, 0) is 93.0 Å². The number of anilines is 1. The van der Waals surface area contributed by atoms with Crippen molar-refractivity contribution in [2.75, 3.05) is 5.32 Å². The van der Waals surface area contributed by atoms with E-state index < -0.39 is 4.92 Å². The summed E-state index contributed by atoms with van der Waals surface area (Å²) in [4.78, 5) is 30.5. The quantitative estimate of drug-likeness (QED) is 0.150. The Bertz CT molecular complexity index is 1560. The van der Waals surface area contributed by atoms with Crippen molar-refractivity contribution in [1.82, 2.24) is 0 Å². The van der Waals surface area contributed by atoms with Gasteiger partial charge >= 0.3 is 0 Å². The fourth-order valence-corrected chi connectivity index (χ4v) is 6.38. The summed E-state index contributed by atoms with van der Waals surface area (Å²) in [5.74, 6) is 0.902. The molecule has 1 aliphatic rings. The van der Waals surface area contributed by atoms with E-state index in [-0.39, 0.29) is 11.6 Å². The molecule has 200 valence electrons. The summed E-state index contributed by atoms with van der Waals surface area (Å²) in [7, 11) is 0. The molecule has 39 heavy (non-hydrogen) atoms. The Hall–Kier alpha value is -4.04. The van der Waals surface area contributed by atoms with Gasteiger partial charge in [0.2, 0.25) is 0 Å². The molecule has 7 nitrogen and oxygen atoms in total. The summed E-state index contributed by atoms with van der Waals surface area (Å²) in [6.45, 7) is 5.92. The zero-order valence-electron chi connectivity index (χ0n) is 22.4. The second-order valence-electron chi connectivity index (χ2n) is 10.1. The molecule has 2 aromatic heterocycles. The highest BCUT2D eigenvalue weighted by molar-refractivity contribution is 7.16. The van der Waals surface area contributed by atoms with Crippen LogP contribution >= 0.6 is 11.3 Å². The first-order valence-corrected chi connectivity index (χ1v) is 14.0. The SMILES string of the molecule is Cc1cc(C)cc(NC(=O)c2c(N=Cc3ccc(-c4cc([N+](=O)[O-])ccc4C)o3)sc3c2CCCCCC3)c1. The number of nitrogens with zero attached hydrogens (tertiary/aromatic N) is 2. The van der Waals surface area contributed by atoms with E-state index >= 15 is 0 Å². The first-order valence-electron chi connectivity index (χ1n) is 13.2. The second-order valence-corrected chi connectivity index (χ2v) is 11.2. The number of carbonyl (C=O) groups excluding carboxylic acids is 1. The molecule has 0 saturated carbocycles. The van der Waals surface area contributed by atoms with E-state index in [1.807, 2.05) is 32.9 Å². The van der Waals surface area contributed by atoms with Gasteiger partial charge in [-0.25, -0.2) is 4.99 Å². The van der Waals surface area contributed by atoms with Gasteiger partial charge in [-0.3, -0.25) is 14.9 Å². The van der Waals surface area contributed by atoms with Crippen molar-refractivity contribution < 1.29 is 14.1 Å². The lowest BCUT2D eigenvalue weighted by molar-refractivity contribution is -0.384. The maximum atomic E-state index is 13.7. The van der Waals surface area contributed by atoms with Gasteiger partial charge in [-0.2, -0.15) is 0 Å². The summed E-state index contributed by atoms with van der Waals surface area (Å²) < 4.78 is 6.00. The number of aryl methyl sites for hydroxylation is 4. The molecule has 4 aromatic rings.